The van der Waals surface area contributed by atoms with Crippen molar-refractivity contribution in [2.24, 2.45) is 0 Å². The summed E-state index contributed by atoms with van der Waals surface area (Å²) in [6.45, 7) is 0.567. The maximum Gasteiger partial charge on any atom is 0.261 e. The van der Waals surface area contributed by atoms with E-state index in [0.29, 0.717) is 19.4 Å². The number of unbranched alkanes of at least 4 members (excludes halogenated alkanes) is 1. The van der Waals surface area contributed by atoms with Crippen molar-refractivity contribution in [1.82, 2.24) is 5.32 Å². The Kier molecular flexibility index (Phi) is 3.54. The van der Waals surface area contributed by atoms with Crippen LogP contribution < -0.4 is 5.32 Å². The molecule has 0 aliphatic heterocycles. The lowest BCUT2D eigenvalue weighted by Crippen LogP contribution is -2.23. The van der Waals surface area contributed by atoms with E-state index in [1.165, 1.54) is 11.3 Å². The lowest BCUT2D eigenvalue weighted by Gasteiger charge is -2.00. The van der Waals surface area contributed by atoms with Crippen LogP contribution in [0.25, 0.3) is 9.40 Å². The predicted molar refractivity (Wildman–Crippen MR) is 66.9 cm³/mol. The summed E-state index contributed by atoms with van der Waals surface area (Å²) < 4.78 is 2.32. The average molecular weight is 250 g/mol. The molecule has 2 aromatic rings. The van der Waals surface area contributed by atoms with E-state index in [4.69, 9.17) is 5.26 Å². The SMILES string of the molecule is N#CCCCNC(=O)c1cc2sccc2s1. The van der Waals surface area contributed by atoms with E-state index in [1.807, 2.05) is 17.5 Å². The number of nitrogens with one attached hydrogen (secondary N) is 1. The summed E-state index contributed by atoms with van der Waals surface area (Å²) in [5.41, 5.74) is 0. The number of carbonyl (C=O) groups excluding carboxylic acids is 1. The summed E-state index contributed by atoms with van der Waals surface area (Å²) in [6, 6.07) is 6.00. The minimum atomic E-state index is -0.0358. The summed E-state index contributed by atoms with van der Waals surface area (Å²) in [7, 11) is 0. The highest BCUT2D eigenvalue weighted by molar-refractivity contribution is 7.27. The molecule has 2 rings (SSSR count). The molecule has 0 radical (unpaired) electrons. The normalized spacial score (nSPS) is 10.2. The number of thiophene rings is 2. The Morgan fingerprint density at radius 1 is 1.50 bits per heavy atom. The molecule has 0 spiro atoms. The van der Waals surface area contributed by atoms with Crippen LogP contribution in [0.1, 0.15) is 22.5 Å². The molecule has 0 aliphatic carbocycles. The zero-order valence-electron chi connectivity index (χ0n) is 8.53. The molecule has 0 saturated carbocycles. The van der Waals surface area contributed by atoms with Gasteiger partial charge >= 0.3 is 0 Å². The fraction of sp³-hybridized carbons (Fsp3) is 0.273. The van der Waals surface area contributed by atoms with Crippen LogP contribution in [0.4, 0.5) is 0 Å². The molecule has 0 unspecified atom stereocenters. The monoisotopic (exact) mass is 250 g/mol. The fourth-order valence-corrected chi connectivity index (χ4v) is 3.36. The van der Waals surface area contributed by atoms with Crippen molar-refractivity contribution < 1.29 is 4.79 Å². The van der Waals surface area contributed by atoms with Crippen LogP contribution in [0.15, 0.2) is 17.5 Å². The second-order valence-electron chi connectivity index (χ2n) is 3.28. The van der Waals surface area contributed by atoms with Gasteiger partial charge in [-0.05, 0) is 23.9 Å². The van der Waals surface area contributed by atoms with Crippen molar-refractivity contribution in [3.63, 3.8) is 0 Å². The Bertz CT molecular complexity index is 507. The second kappa shape index (κ2) is 5.10. The van der Waals surface area contributed by atoms with E-state index in [9.17, 15) is 4.79 Å². The summed E-state index contributed by atoms with van der Waals surface area (Å²) in [5.74, 6) is -0.0358. The number of nitriles is 1. The Balaban J connectivity index is 1.95. The van der Waals surface area contributed by atoms with Crippen molar-refractivity contribution in [1.29, 1.82) is 5.26 Å². The molecule has 0 aliphatic rings. The molecule has 0 aromatic carbocycles. The average Bonchev–Trinajstić information content (AvgIpc) is 2.83. The zero-order valence-corrected chi connectivity index (χ0v) is 10.2. The van der Waals surface area contributed by atoms with E-state index in [2.05, 4.69) is 11.4 Å². The van der Waals surface area contributed by atoms with E-state index in [-0.39, 0.29) is 5.91 Å². The molecule has 0 atom stereocenters. The van der Waals surface area contributed by atoms with Crippen molar-refractivity contribution in [2.45, 2.75) is 12.8 Å². The first-order valence-electron chi connectivity index (χ1n) is 4.93. The van der Waals surface area contributed by atoms with Gasteiger partial charge in [0.25, 0.3) is 5.91 Å². The van der Waals surface area contributed by atoms with Gasteiger partial charge in [-0.2, -0.15) is 5.26 Å². The summed E-state index contributed by atoms with van der Waals surface area (Å²) in [4.78, 5) is 12.4. The third kappa shape index (κ3) is 2.40. The Hall–Kier alpha value is -1.38. The van der Waals surface area contributed by atoms with E-state index in [0.717, 1.165) is 14.3 Å². The molecular formula is C11H10N2OS2. The third-order valence-corrected chi connectivity index (χ3v) is 4.21. The van der Waals surface area contributed by atoms with Gasteiger partial charge in [0.05, 0.1) is 10.9 Å². The van der Waals surface area contributed by atoms with Crippen LogP contribution >= 0.6 is 22.7 Å². The molecule has 1 N–H and O–H groups in total. The summed E-state index contributed by atoms with van der Waals surface area (Å²) >= 11 is 3.15. The van der Waals surface area contributed by atoms with Gasteiger partial charge in [0.1, 0.15) is 0 Å². The molecule has 0 fully saturated rings. The van der Waals surface area contributed by atoms with Crippen LogP contribution in [0.2, 0.25) is 0 Å². The number of rotatable bonds is 4. The van der Waals surface area contributed by atoms with Crippen LogP contribution in [0, 0.1) is 11.3 Å². The Labute approximate surface area is 101 Å². The molecule has 2 aromatic heterocycles. The first-order chi connectivity index (χ1) is 7.81. The molecule has 0 bridgehead atoms. The van der Waals surface area contributed by atoms with Crippen molar-refractivity contribution >= 4 is 38.0 Å². The molecule has 3 nitrogen and oxygen atoms in total. The molecular weight excluding hydrogens is 240 g/mol. The quantitative estimate of drug-likeness (QED) is 0.848. The first kappa shape index (κ1) is 11.1. The van der Waals surface area contributed by atoms with Crippen molar-refractivity contribution in [2.75, 3.05) is 6.54 Å². The zero-order chi connectivity index (χ0) is 11.4. The van der Waals surface area contributed by atoms with Crippen LogP contribution in [-0.2, 0) is 0 Å². The lowest BCUT2D eigenvalue weighted by molar-refractivity contribution is 0.0957. The fourth-order valence-electron chi connectivity index (χ4n) is 1.33. The Morgan fingerprint density at radius 2 is 2.38 bits per heavy atom. The molecule has 82 valence electrons. The smallest absolute Gasteiger partial charge is 0.261 e. The van der Waals surface area contributed by atoms with Crippen molar-refractivity contribution in [3.05, 3.63) is 22.4 Å². The molecule has 16 heavy (non-hydrogen) atoms. The minimum Gasteiger partial charge on any atom is -0.351 e. The van der Waals surface area contributed by atoms with Gasteiger partial charge in [-0.15, -0.1) is 22.7 Å². The molecule has 2 heterocycles. The van der Waals surface area contributed by atoms with Crippen LogP contribution in [0.3, 0.4) is 0 Å². The highest BCUT2D eigenvalue weighted by Crippen LogP contribution is 2.29. The van der Waals surface area contributed by atoms with E-state index in [1.54, 1.807) is 11.3 Å². The van der Waals surface area contributed by atoms with Gasteiger partial charge in [0.2, 0.25) is 0 Å². The number of fused-ring (bicyclic) bond motifs is 1. The Morgan fingerprint density at radius 3 is 3.12 bits per heavy atom. The second-order valence-corrected chi connectivity index (χ2v) is 5.31. The number of hydrogen-bond donors (Lipinski definition) is 1. The first-order valence-corrected chi connectivity index (χ1v) is 6.63. The number of amides is 1. The van der Waals surface area contributed by atoms with Crippen molar-refractivity contribution in [3.8, 4) is 6.07 Å². The van der Waals surface area contributed by atoms with Gasteiger partial charge in [-0.1, -0.05) is 0 Å². The van der Waals surface area contributed by atoms with Gasteiger partial charge < -0.3 is 5.32 Å². The van der Waals surface area contributed by atoms with Crippen LogP contribution in [-0.4, -0.2) is 12.5 Å². The largest absolute Gasteiger partial charge is 0.351 e. The molecule has 5 heteroatoms. The van der Waals surface area contributed by atoms with E-state index >= 15 is 0 Å². The molecule has 0 saturated heterocycles. The predicted octanol–water partition coefficient (Wildman–Crippen LogP) is 3.00. The standard InChI is InChI=1S/C11H10N2OS2/c12-4-1-2-5-13-11(14)10-7-9-8(16-10)3-6-15-9/h3,6-7H,1-2,5H2,(H,13,14). The molecule has 1 amide bonds. The van der Waals surface area contributed by atoms with Gasteiger partial charge in [0.15, 0.2) is 0 Å². The van der Waals surface area contributed by atoms with Crippen LogP contribution in [0.5, 0.6) is 0 Å². The minimum absolute atomic E-state index is 0.0358. The maximum atomic E-state index is 11.7. The van der Waals surface area contributed by atoms with Gasteiger partial charge in [-0.25, -0.2) is 0 Å². The topological polar surface area (TPSA) is 52.9 Å². The number of hydrogen-bond acceptors (Lipinski definition) is 4. The number of nitrogens with zero attached hydrogens (tertiary/aromatic N) is 1. The summed E-state index contributed by atoms with van der Waals surface area (Å²) in [6.07, 6.45) is 1.20. The highest BCUT2D eigenvalue weighted by Gasteiger charge is 2.09. The summed E-state index contributed by atoms with van der Waals surface area (Å²) in [5, 5.41) is 13.2. The van der Waals surface area contributed by atoms with E-state index < -0.39 is 0 Å². The lowest BCUT2D eigenvalue weighted by atomic mass is 10.3. The van der Waals surface area contributed by atoms with Gasteiger partial charge in [0, 0.05) is 22.4 Å². The maximum absolute atomic E-state index is 11.7. The third-order valence-electron chi connectivity index (χ3n) is 2.11. The highest BCUT2D eigenvalue weighted by atomic mass is 32.1. The van der Waals surface area contributed by atoms with Gasteiger partial charge in [-0.3, -0.25) is 4.79 Å². The number of carbonyl (C=O) groups is 1.